The lowest BCUT2D eigenvalue weighted by atomic mass is 10.0. The van der Waals surface area contributed by atoms with Crippen LogP contribution in [0.2, 0.25) is 0 Å². The quantitative estimate of drug-likeness (QED) is 0.149. The molecular weight excluding hydrogens is 548 g/mol. The third-order valence-corrected chi connectivity index (χ3v) is 7.78. The van der Waals surface area contributed by atoms with E-state index in [0.717, 1.165) is 28.2 Å². The molecule has 0 saturated carbocycles. The number of Topliss-reactive ketones (excluding diaryl/α,β-unsaturated/α-hetero) is 1. The first-order valence-electron chi connectivity index (χ1n) is 12.3. The maximum absolute atomic E-state index is 13.3. The van der Waals surface area contributed by atoms with Gasteiger partial charge in [-0.15, -0.1) is 0 Å². The molecule has 2 N–H and O–H groups in total. The number of ketones is 1. The van der Waals surface area contributed by atoms with Gasteiger partial charge in [0.25, 0.3) is 5.91 Å². The van der Waals surface area contributed by atoms with Gasteiger partial charge in [-0.3, -0.25) is 14.5 Å². The third-order valence-electron chi connectivity index (χ3n) is 6.45. The predicted molar refractivity (Wildman–Crippen MR) is 158 cm³/mol. The summed E-state index contributed by atoms with van der Waals surface area (Å²) in [5, 5.41) is 10.9. The van der Waals surface area contributed by atoms with Gasteiger partial charge in [0.05, 0.1) is 12.0 Å². The van der Waals surface area contributed by atoms with Crippen molar-refractivity contribution in [3.8, 4) is 11.5 Å². The van der Waals surface area contributed by atoms with E-state index >= 15 is 0 Å². The SMILES string of the molecule is COc1cccc(C(=O)COc2ccc(/C=C3\SC(=S)N([C@@H](Cc4c[nH]c5ccccc45)C(=O)O)C3=O)cc2)c1. The molecular formula is C30H24N2O6S2. The van der Waals surface area contributed by atoms with Crippen molar-refractivity contribution in [2.45, 2.75) is 12.5 Å². The second-order valence-corrected chi connectivity index (χ2v) is 10.7. The van der Waals surface area contributed by atoms with Gasteiger partial charge in [-0.2, -0.15) is 0 Å². The molecule has 1 amide bonds. The van der Waals surface area contributed by atoms with Crippen LogP contribution >= 0.6 is 24.0 Å². The van der Waals surface area contributed by atoms with Crippen LogP contribution in [0.3, 0.4) is 0 Å². The van der Waals surface area contributed by atoms with E-state index in [1.54, 1.807) is 60.8 Å². The number of nitrogens with one attached hydrogen (secondary N) is 1. The van der Waals surface area contributed by atoms with Crippen LogP contribution in [0.1, 0.15) is 21.5 Å². The number of hydrogen-bond acceptors (Lipinski definition) is 7. The summed E-state index contributed by atoms with van der Waals surface area (Å²) in [6, 6.07) is 20.2. The zero-order valence-corrected chi connectivity index (χ0v) is 23.0. The number of ether oxygens (including phenoxy) is 2. The molecule has 40 heavy (non-hydrogen) atoms. The molecule has 1 aliphatic rings. The van der Waals surface area contributed by atoms with E-state index in [4.69, 9.17) is 21.7 Å². The first-order valence-corrected chi connectivity index (χ1v) is 13.5. The highest BCUT2D eigenvalue weighted by Gasteiger charge is 2.40. The van der Waals surface area contributed by atoms with Crippen molar-refractivity contribution < 1.29 is 29.0 Å². The van der Waals surface area contributed by atoms with Crippen molar-refractivity contribution in [3.63, 3.8) is 0 Å². The van der Waals surface area contributed by atoms with Crippen LogP contribution in [0, 0.1) is 0 Å². The molecule has 0 spiro atoms. The van der Waals surface area contributed by atoms with Crippen LogP contribution in [-0.2, 0) is 16.0 Å². The number of para-hydroxylation sites is 1. The van der Waals surface area contributed by atoms with E-state index < -0.39 is 17.9 Å². The van der Waals surface area contributed by atoms with Crippen LogP contribution in [0.15, 0.2) is 83.9 Å². The number of aromatic nitrogens is 1. The monoisotopic (exact) mass is 572 g/mol. The highest BCUT2D eigenvalue weighted by Crippen LogP contribution is 2.35. The molecule has 202 valence electrons. The molecule has 10 heteroatoms. The number of carbonyl (C=O) groups is 3. The summed E-state index contributed by atoms with van der Waals surface area (Å²) in [5.41, 5.74) is 2.88. The van der Waals surface area contributed by atoms with Crippen molar-refractivity contribution in [3.05, 3.63) is 101 Å². The van der Waals surface area contributed by atoms with E-state index in [-0.39, 0.29) is 23.1 Å². The van der Waals surface area contributed by atoms with Crippen molar-refractivity contribution in [2.75, 3.05) is 13.7 Å². The molecule has 1 atom stereocenters. The number of benzene rings is 3. The van der Waals surface area contributed by atoms with Gasteiger partial charge in [-0.25, -0.2) is 4.79 Å². The van der Waals surface area contributed by atoms with Crippen LogP contribution in [0.25, 0.3) is 17.0 Å². The Labute approximate surface area is 239 Å². The summed E-state index contributed by atoms with van der Waals surface area (Å²) < 4.78 is 11.0. The molecule has 1 saturated heterocycles. The summed E-state index contributed by atoms with van der Waals surface area (Å²) in [5.74, 6) is -0.689. The van der Waals surface area contributed by atoms with Crippen LogP contribution in [0.5, 0.6) is 11.5 Å². The molecule has 2 heterocycles. The number of aliphatic carboxylic acids is 1. The number of carbonyl (C=O) groups excluding carboxylic acids is 2. The number of aromatic amines is 1. The minimum Gasteiger partial charge on any atom is -0.497 e. The molecule has 0 unspecified atom stereocenters. The molecule has 8 nitrogen and oxygen atoms in total. The first kappa shape index (κ1) is 27.2. The van der Waals surface area contributed by atoms with Crippen molar-refractivity contribution in [1.29, 1.82) is 0 Å². The number of fused-ring (bicyclic) bond motifs is 1. The number of methoxy groups -OCH3 is 1. The summed E-state index contributed by atoms with van der Waals surface area (Å²) in [6.45, 7) is -0.141. The second-order valence-electron chi connectivity index (χ2n) is 8.98. The average Bonchev–Trinajstić information content (AvgIpc) is 3.50. The fourth-order valence-electron chi connectivity index (χ4n) is 4.39. The number of hydrogen-bond donors (Lipinski definition) is 2. The minimum absolute atomic E-state index is 0.111. The molecule has 0 radical (unpaired) electrons. The number of carboxylic acids is 1. The Balaban J connectivity index is 1.26. The zero-order valence-electron chi connectivity index (χ0n) is 21.3. The zero-order chi connectivity index (χ0) is 28.2. The smallest absolute Gasteiger partial charge is 0.327 e. The summed E-state index contributed by atoms with van der Waals surface area (Å²) in [6.07, 6.45) is 3.54. The summed E-state index contributed by atoms with van der Waals surface area (Å²) in [4.78, 5) is 42.6. The van der Waals surface area contributed by atoms with Crippen LogP contribution in [0.4, 0.5) is 0 Å². The summed E-state index contributed by atoms with van der Waals surface area (Å²) >= 11 is 6.50. The Hall–Kier alpha value is -4.41. The Morgan fingerprint density at radius 1 is 1.07 bits per heavy atom. The van der Waals surface area contributed by atoms with Gasteiger partial charge in [0, 0.05) is 29.1 Å². The number of nitrogens with zero attached hydrogens (tertiary/aromatic N) is 1. The Kier molecular flexibility index (Phi) is 7.99. The topological polar surface area (TPSA) is 109 Å². The lowest BCUT2D eigenvalue weighted by Gasteiger charge is -2.23. The van der Waals surface area contributed by atoms with Crippen molar-refractivity contribution >= 4 is 62.9 Å². The number of thioether (sulfide) groups is 1. The van der Waals surface area contributed by atoms with Crippen molar-refractivity contribution in [1.82, 2.24) is 9.88 Å². The van der Waals surface area contributed by atoms with Crippen LogP contribution < -0.4 is 9.47 Å². The largest absolute Gasteiger partial charge is 0.497 e. The Bertz CT molecular complexity index is 1640. The van der Waals surface area contributed by atoms with Gasteiger partial charge in [0.15, 0.2) is 12.4 Å². The molecule has 1 aliphatic heterocycles. The van der Waals surface area contributed by atoms with Crippen molar-refractivity contribution in [2.24, 2.45) is 0 Å². The standard InChI is InChI=1S/C30H24N2O6S2/c1-37-22-6-4-5-19(14-22)26(33)17-38-21-11-9-18(10-12-21)13-27-28(34)32(30(39)40-27)25(29(35)36)15-20-16-31-24-8-3-2-7-23(20)24/h2-14,16,25,31H,15,17H2,1H3,(H,35,36)/b27-13-/t25-/m0/s1. The fraction of sp³-hybridized carbons (Fsp3) is 0.133. The Morgan fingerprint density at radius 2 is 1.85 bits per heavy atom. The molecule has 0 bridgehead atoms. The molecule has 1 aromatic heterocycles. The number of rotatable bonds is 10. The third kappa shape index (κ3) is 5.78. The van der Waals surface area contributed by atoms with Gasteiger partial charge in [-0.05, 0) is 47.5 Å². The summed E-state index contributed by atoms with van der Waals surface area (Å²) in [7, 11) is 1.54. The highest BCUT2D eigenvalue weighted by molar-refractivity contribution is 8.26. The second kappa shape index (κ2) is 11.8. The lowest BCUT2D eigenvalue weighted by molar-refractivity contribution is -0.145. The molecule has 3 aromatic carbocycles. The van der Waals surface area contributed by atoms with E-state index in [0.29, 0.717) is 27.5 Å². The molecule has 0 aliphatic carbocycles. The molecule has 5 rings (SSSR count). The molecule has 1 fully saturated rings. The van der Waals surface area contributed by atoms with Crippen LogP contribution in [-0.4, -0.2) is 56.7 Å². The van der Waals surface area contributed by atoms with Gasteiger partial charge in [0.2, 0.25) is 0 Å². The average molecular weight is 573 g/mol. The van der Waals surface area contributed by atoms with Gasteiger partial charge in [0.1, 0.15) is 21.9 Å². The maximum Gasteiger partial charge on any atom is 0.327 e. The van der Waals surface area contributed by atoms with E-state index in [9.17, 15) is 19.5 Å². The number of H-pyrrole nitrogens is 1. The fourth-order valence-corrected chi connectivity index (χ4v) is 5.74. The van der Waals surface area contributed by atoms with Gasteiger partial charge < -0.3 is 19.6 Å². The Morgan fingerprint density at radius 3 is 2.60 bits per heavy atom. The lowest BCUT2D eigenvalue weighted by Crippen LogP contribution is -2.45. The van der Waals surface area contributed by atoms with E-state index in [1.165, 1.54) is 12.0 Å². The first-order chi connectivity index (χ1) is 19.3. The molecule has 4 aromatic rings. The maximum atomic E-state index is 13.3. The van der Waals surface area contributed by atoms with E-state index in [1.807, 2.05) is 24.3 Å². The number of carboxylic acid groups (broad SMARTS) is 1. The highest BCUT2D eigenvalue weighted by atomic mass is 32.2. The number of amides is 1. The predicted octanol–water partition coefficient (Wildman–Crippen LogP) is 5.34. The van der Waals surface area contributed by atoms with E-state index in [2.05, 4.69) is 4.98 Å². The van der Waals surface area contributed by atoms with Gasteiger partial charge in [-0.1, -0.05) is 66.4 Å². The van der Waals surface area contributed by atoms with Gasteiger partial charge >= 0.3 is 5.97 Å². The minimum atomic E-state index is -1.14. The number of thiocarbonyl (C=S) groups is 1. The normalized spacial score (nSPS) is 15.0.